The third-order valence-corrected chi connectivity index (χ3v) is 2.47. The van der Waals surface area contributed by atoms with Gasteiger partial charge >= 0.3 is 0 Å². The number of hydrogen-bond acceptors (Lipinski definition) is 4. The number of phenolic OH excluding ortho intramolecular Hbond substituents is 1. The minimum absolute atomic E-state index is 0.134. The molecule has 1 atom stereocenters. The van der Waals surface area contributed by atoms with Gasteiger partial charge in [-0.15, -0.1) is 0 Å². The van der Waals surface area contributed by atoms with Crippen molar-refractivity contribution in [2.45, 2.75) is 26.8 Å². The second-order valence-corrected chi connectivity index (χ2v) is 4.20. The van der Waals surface area contributed by atoms with E-state index in [-0.39, 0.29) is 23.1 Å². The lowest BCUT2D eigenvalue weighted by atomic mass is 10.1. The van der Waals surface area contributed by atoms with Gasteiger partial charge in [-0.2, -0.15) is 0 Å². The Kier molecular flexibility index (Phi) is 4.63. The lowest BCUT2D eigenvalue weighted by Crippen LogP contribution is -2.40. The van der Waals surface area contributed by atoms with Gasteiger partial charge in [0.1, 0.15) is 11.8 Å². The third kappa shape index (κ3) is 4.09. The van der Waals surface area contributed by atoms with Gasteiger partial charge in [0.05, 0.1) is 5.69 Å². The largest absolute Gasteiger partial charge is 0.506 e. The summed E-state index contributed by atoms with van der Waals surface area (Å²) in [4.78, 5) is 33.8. The van der Waals surface area contributed by atoms with Crippen molar-refractivity contribution in [1.82, 2.24) is 5.32 Å². The van der Waals surface area contributed by atoms with Gasteiger partial charge in [-0.3, -0.25) is 14.4 Å². The molecular formula is C13H16N2O4. The van der Waals surface area contributed by atoms with E-state index >= 15 is 0 Å². The van der Waals surface area contributed by atoms with Crippen LogP contribution in [0, 0.1) is 0 Å². The van der Waals surface area contributed by atoms with Gasteiger partial charge in [-0.1, -0.05) is 0 Å². The van der Waals surface area contributed by atoms with Crippen LogP contribution in [0.1, 0.15) is 31.1 Å². The van der Waals surface area contributed by atoms with Gasteiger partial charge in [0.15, 0.2) is 5.78 Å². The van der Waals surface area contributed by atoms with Crippen molar-refractivity contribution in [2.24, 2.45) is 0 Å². The molecular weight excluding hydrogens is 248 g/mol. The van der Waals surface area contributed by atoms with Crippen LogP contribution in [0.4, 0.5) is 5.69 Å². The molecule has 3 N–H and O–H groups in total. The highest BCUT2D eigenvalue weighted by atomic mass is 16.3. The van der Waals surface area contributed by atoms with Crippen LogP contribution in [-0.2, 0) is 9.59 Å². The van der Waals surface area contributed by atoms with Crippen molar-refractivity contribution in [1.29, 1.82) is 0 Å². The quantitative estimate of drug-likeness (QED) is 0.559. The summed E-state index contributed by atoms with van der Waals surface area (Å²) in [7, 11) is 0. The molecule has 0 aliphatic rings. The zero-order valence-electron chi connectivity index (χ0n) is 11.0. The first-order chi connectivity index (χ1) is 8.81. The van der Waals surface area contributed by atoms with Crippen LogP contribution in [0.5, 0.6) is 5.75 Å². The molecule has 0 heterocycles. The molecule has 6 heteroatoms. The Hall–Kier alpha value is -2.37. The zero-order valence-corrected chi connectivity index (χ0v) is 11.0. The van der Waals surface area contributed by atoms with Crippen LogP contribution in [0.3, 0.4) is 0 Å². The van der Waals surface area contributed by atoms with Gasteiger partial charge < -0.3 is 15.7 Å². The predicted octanol–water partition coefficient (Wildman–Crippen LogP) is 1.06. The highest BCUT2D eigenvalue weighted by molar-refractivity contribution is 6.00. The summed E-state index contributed by atoms with van der Waals surface area (Å²) in [6.07, 6.45) is 0. The Balaban J connectivity index is 2.86. The Labute approximate surface area is 110 Å². The van der Waals surface area contributed by atoms with Gasteiger partial charge in [0, 0.05) is 12.5 Å². The molecule has 1 aromatic rings. The van der Waals surface area contributed by atoms with Crippen molar-refractivity contribution in [3.05, 3.63) is 23.8 Å². The second-order valence-electron chi connectivity index (χ2n) is 4.20. The monoisotopic (exact) mass is 264 g/mol. The normalized spacial score (nSPS) is 11.5. The van der Waals surface area contributed by atoms with Crippen LogP contribution in [0.15, 0.2) is 18.2 Å². The Morgan fingerprint density at radius 1 is 1.21 bits per heavy atom. The number of rotatable bonds is 4. The van der Waals surface area contributed by atoms with E-state index in [1.54, 1.807) is 0 Å². The molecule has 19 heavy (non-hydrogen) atoms. The predicted molar refractivity (Wildman–Crippen MR) is 70.0 cm³/mol. The fourth-order valence-corrected chi connectivity index (χ4v) is 1.47. The standard InChI is InChI=1S/C13H16N2O4/c1-7(14-9(3)17)13(19)15-11-6-10(8(2)16)4-5-12(11)18/h4-7,18H,1-3H3,(H,14,17)(H,15,19). The van der Waals surface area contributed by atoms with Crippen LogP contribution in [0.2, 0.25) is 0 Å². The van der Waals surface area contributed by atoms with Crippen molar-refractivity contribution in [2.75, 3.05) is 5.32 Å². The third-order valence-electron chi connectivity index (χ3n) is 2.47. The fraction of sp³-hybridized carbons (Fsp3) is 0.308. The molecule has 102 valence electrons. The molecule has 1 unspecified atom stereocenters. The molecule has 1 rings (SSSR count). The molecule has 1 aromatic carbocycles. The average Bonchev–Trinajstić information content (AvgIpc) is 2.30. The summed E-state index contributed by atoms with van der Waals surface area (Å²) < 4.78 is 0. The summed E-state index contributed by atoms with van der Waals surface area (Å²) in [5, 5.41) is 14.5. The van der Waals surface area contributed by atoms with Crippen LogP contribution in [0.25, 0.3) is 0 Å². The minimum atomic E-state index is -0.738. The van der Waals surface area contributed by atoms with E-state index in [1.165, 1.54) is 39.0 Å². The number of Topliss-reactive ketones (excluding diaryl/α,β-unsaturated/α-hetero) is 1. The molecule has 0 radical (unpaired) electrons. The number of amides is 2. The number of ketones is 1. The van der Waals surface area contributed by atoms with E-state index in [1.807, 2.05) is 0 Å². The average molecular weight is 264 g/mol. The summed E-state index contributed by atoms with van der Waals surface area (Å²) in [5.74, 6) is -1.13. The van der Waals surface area contributed by atoms with E-state index in [9.17, 15) is 19.5 Å². The molecule has 2 amide bonds. The van der Waals surface area contributed by atoms with E-state index in [2.05, 4.69) is 10.6 Å². The van der Waals surface area contributed by atoms with E-state index in [0.29, 0.717) is 5.56 Å². The number of hydrogen-bond donors (Lipinski definition) is 3. The van der Waals surface area contributed by atoms with Crippen LogP contribution in [-0.4, -0.2) is 28.7 Å². The summed E-state index contributed by atoms with van der Waals surface area (Å²) in [5.41, 5.74) is 0.509. The second kappa shape index (κ2) is 5.99. The van der Waals surface area contributed by atoms with Crippen LogP contribution < -0.4 is 10.6 Å². The Morgan fingerprint density at radius 2 is 1.84 bits per heavy atom. The maximum absolute atomic E-state index is 11.8. The van der Waals surface area contributed by atoms with Gasteiger partial charge in [-0.05, 0) is 32.0 Å². The number of aromatic hydroxyl groups is 1. The Bertz CT molecular complexity index is 525. The summed E-state index contributed by atoms with van der Waals surface area (Å²) in [6.45, 7) is 4.21. The maximum Gasteiger partial charge on any atom is 0.246 e. The topological polar surface area (TPSA) is 95.5 Å². The van der Waals surface area contributed by atoms with Gasteiger partial charge in [-0.25, -0.2) is 0 Å². The molecule has 6 nitrogen and oxygen atoms in total. The van der Waals surface area contributed by atoms with E-state index < -0.39 is 11.9 Å². The molecule has 0 aliphatic carbocycles. The Morgan fingerprint density at radius 3 is 2.37 bits per heavy atom. The number of carbonyl (C=O) groups is 3. The number of carbonyl (C=O) groups excluding carboxylic acids is 3. The summed E-state index contributed by atoms with van der Waals surface area (Å²) in [6, 6.07) is 3.44. The minimum Gasteiger partial charge on any atom is -0.506 e. The molecule has 0 saturated heterocycles. The first kappa shape index (κ1) is 14.7. The van der Waals surface area contributed by atoms with Gasteiger partial charge in [0.25, 0.3) is 0 Å². The first-order valence-corrected chi connectivity index (χ1v) is 5.73. The number of nitrogens with one attached hydrogen (secondary N) is 2. The van der Waals surface area contributed by atoms with E-state index in [0.717, 1.165) is 0 Å². The lowest BCUT2D eigenvalue weighted by Gasteiger charge is -2.14. The smallest absolute Gasteiger partial charge is 0.246 e. The SMILES string of the molecule is CC(=O)NC(C)C(=O)Nc1cc(C(C)=O)ccc1O. The lowest BCUT2D eigenvalue weighted by molar-refractivity contribution is -0.124. The first-order valence-electron chi connectivity index (χ1n) is 5.73. The molecule has 0 fully saturated rings. The van der Waals surface area contributed by atoms with Crippen LogP contribution >= 0.6 is 0 Å². The molecule has 0 saturated carbocycles. The van der Waals surface area contributed by atoms with Crippen molar-refractivity contribution >= 4 is 23.3 Å². The van der Waals surface area contributed by atoms with E-state index in [4.69, 9.17) is 0 Å². The molecule has 0 aromatic heterocycles. The highest BCUT2D eigenvalue weighted by Crippen LogP contribution is 2.24. The highest BCUT2D eigenvalue weighted by Gasteiger charge is 2.16. The molecule has 0 aliphatic heterocycles. The van der Waals surface area contributed by atoms with Crippen molar-refractivity contribution in [3.63, 3.8) is 0 Å². The number of anilines is 1. The zero-order chi connectivity index (χ0) is 14.6. The molecule has 0 bridgehead atoms. The van der Waals surface area contributed by atoms with Gasteiger partial charge in [0.2, 0.25) is 11.8 Å². The fourth-order valence-electron chi connectivity index (χ4n) is 1.47. The summed E-state index contributed by atoms with van der Waals surface area (Å²) >= 11 is 0. The number of phenols is 1. The van der Waals surface area contributed by atoms with Crippen molar-refractivity contribution < 1.29 is 19.5 Å². The number of benzene rings is 1. The van der Waals surface area contributed by atoms with Crippen molar-refractivity contribution in [3.8, 4) is 5.75 Å². The molecule has 0 spiro atoms. The maximum atomic E-state index is 11.8.